The van der Waals surface area contributed by atoms with Gasteiger partial charge in [-0.25, -0.2) is 4.79 Å². The average molecular weight is 353 g/mol. The quantitative estimate of drug-likeness (QED) is 0.350. The fourth-order valence-corrected chi connectivity index (χ4v) is 2.39. The van der Waals surface area contributed by atoms with E-state index in [4.69, 9.17) is 0 Å². The summed E-state index contributed by atoms with van der Waals surface area (Å²) in [7, 11) is 0. The number of nitrogens with one attached hydrogen (secondary N) is 1. The third-order valence-corrected chi connectivity index (χ3v) is 3.71. The number of aromatic nitrogens is 5. The molecule has 0 aliphatic rings. The molecular weight excluding hydrogens is 338 g/mol. The van der Waals surface area contributed by atoms with E-state index in [2.05, 4.69) is 20.6 Å². The molecule has 0 amide bonds. The molecule has 26 heavy (non-hydrogen) atoms. The number of aliphatic hydroxyl groups excluding tert-OH is 1. The number of aromatic carboxylic acids is 1. The summed E-state index contributed by atoms with van der Waals surface area (Å²) in [6.07, 6.45) is 2.31. The van der Waals surface area contributed by atoms with E-state index in [1.54, 1.807) is 0 Å². The lowest BCUT2D eigenvalue weighted by atomic mass is 10.1. The lowest BCUT2D eigenvalue weighted by Crippen LogP contribution is -2.08. The molecule has 2 aromatic heterocycles. The van der Waals surface area contributed by atoms with Crippen molar-refractivity contribution >= 4 is 17.5 Å². The van der Waals surface area contributed by atoms with Gasteiger partial charge in [-0.05, 0) is 23.8 Å². The fourth-order valence-electron chi connectivity index (χ4n) is 2.39. The Balaban J connectivity index is 1.94. The van der Waals surface area contributed by atoms with Crippen LogP contribution in [0.4, 0.5) is 0 Å². The van der Waals surface area contributed by atoms with Crippen molar-refractivity contribution < 1.29 is 19.8 Å². The number of carbonyl (C=O) groups is 2. The lowest BCUT2D eigenvalue weighted by molar-refractivity contribution is 0.0696. The highest BCUT2D eigenvalue weighted by atomic mass is 16.4. The summed E-state index contributed by atoms with van der Waals surface area (Å²) in [5, 5.41) is 31.7. The Labute approximate surface area is 147 Å². The number of carboxylic acid groups (broad SMARTS) is 1. The van der Waals surface area contributed by atoms with Gasteiger partial charge < -0.3 is 14.8 Å². The van der Waals surface area contributed by atoms with Gasteiger partial charge in [0.25, 0.3) is 0 Å². The van der Waals surface area contributed by atoms with Gasteiger partial charge in [0.15, 0.2) is 5.76 Å². The smallest absolute Gasteiger partial charge is 0.337 e. The summed E-state index contributed by atoms with van der Waals surface area (Å²) in [5.41, 5.74) is 2.10. The Morgan fingerprint density at radius 1 is 1.23 bits per heavy atom. The summed E-state index contributed by atoms with van der Waals surface area (Å²) >= 11 is 0. The Morgan fingerprint density at radius 3 is 2.58 bits per heavy atom. The maximum Gasteiger partial charge on any atom is 0.337 e. The van der Waals surface area contributed by atoms with Gasteiger partial charge in [0, 0.05) is 18.8 Å². The molecule has 0 bridgehead atoms. The Kier molecular flexibility index (Phi) is 4.61. The number of aromatic amines is 1. The number of H-pyrrole nitrogens is 1. The first-order chi connectivity index (χ1) is 12.4. The molecule has 0 saturated heterocycles. The predicted molar refractivity (Wildman–Crippen MR) is 90.8 cm³/mol. The van der Waals surface area contributed by atoms with Crippen molar-refractivity contribution in [1.82, 2.24) is 25.2 Å². The number of allylic oxidation sites excluding steroid dienone is 1. The maximum absolute atomic E-state index is 12.5. The van der Waals surface area contributed by atoms with E-state index >= 15 is 0 Å². The van der Waals surface area contributed by atoms with E-state index in [-0.39, 0.29) is 17.1 Å². The molecule has 0 aliphatic heterocycles. The van der Waals surface area contributed by atoms with Gasteiger partial charge in [0.05, 0.1) is 11.3 Å². The number of nitrogens with zero attached hydrogens (tertiary/aromatic N) is 4. The van der Waals surface area contributed by atoms with Crippen LogP contribution in [-0.4, -0.2) is 47.2 Å². The minimum Gasteiger partial charge on any atom is -0.504 e. The van der Waals surface area contributed by atoms with Crippen molar-refractivity contribution in [2.75, 3.05) is 0 Å². The van der Waals surface area contributed by atoms with Crippen LogP contribution in [0.15, 0.2) is 42.6 Å². The number of aliphatic hydroxyl groups is 1. The topological polar surface area (TPSA) is 134 Å². The molecule has 9 heteroatoms. The van der Waals surface area contributed by atoms with Crippen LogP contribution >= 0.6 is 0 Å². The van der Waals surface area contributed by atoms with Crippen LogP contribution in [0.25, 0.3) is 5.76 Å². The molecule has 0 spiro atoms. The number of hydrogen-bond acceptors (Lipinski definition) is 6. The van der Waals surface area contributed by atoms with E-state index in [0.717, 1.165) is 17.2 Å². The molecule has 3 N–H and O–H groups in total. The molecule has 132 valence electrons. The number of hydrogen-bond donors (Lipinski definition) is 3. The third kappa shape index (κ3) is 3.66. The van der Waals surface area contributed by atoms with Crippen molar-refractivity contribution in [2.24, 2.45) is 0 Å². The van der Waals surface area contributed by atoms with E-state index in [1.807, 2.05) is 31.2 Å². The first-order valence-corrected chi connectivity index (χ1v) is 7.62. The van der Waals surface area contributed by atoms with Gasteiger partial charge in [-0.1, -0.05) is 29.8 Å². The molecule has 3 aromatic rings. The normalized spacial score (nSPS) is 11.5. The summed E-state index contributed by atoms with van der Waals surface area (Å²) in [6, 6.07) is 8.92. The third-order valence-electron chi connectivity index (χ3n) is 3.71. The van der Waals surface area contributed by atoms with Crippen LogP contribution in [0.1, 0.15) is 37.8 Å². The van der Waals surface area contributed by atoms with Crippen molar-refractivity contribution in [3.8, 4) is 0 Å². The highest BCUT2D eigenvalue weighted by molar-refractivity contribution is 6.07. The average Bonchev–Trinajstić information content (AvgIpc) is 3.26. The Morgan fingerprint density at radius 2 is 1.96 bits per heavy atom. The van der Waals surface area contributed by atoms with Gasteiger partial charge in [-0.3, -0.25) is 4.79 Å². The maximum atomic E-state index is 12.5. The van der Waals surface area contributed by atoms with E-state index < -0.39 is 17.5 Å². The summed E-state index contributed by atoms with van der Waals surface area (Å²) in [5.74, 6) is -2.32. The number of tetrazole rings is 1. The van der Waals surface area contributed by atoms with Crippen LogP contribution in [0.2, 0.25) is 0 Å². The summed E-state index contributed by atoms with van der Waals surface area (Å²) < 4.78 is 1.52. The Hall–Kier alpha value is -3.75. The van der Waals surface area contributed by atoms with E-state index in [9.17, 15) is 19.8 Å². The van der Waals surface area contributed by atoms with Crippen molar-refractivity contribution in [1.29, 1.82) is 0 Å². The Bertz CT molecular complexity index is 971. The predicted octanol–water partition coefficient (Wildman–Crippen LogP) is 1.84. The van der Waals surface area contributed by atoms with Gasteiger partial charge in [0.2, 0.25) is 11.6 Å². The molecule has 2 heterocycles. The zero-order valence-corrected chi connectivity index (χ0v) is 13.7. The van der Waals surface area contributed by atoms with Crippen LogP contribution < -0.4 is 0 Å². The summed E-state index contributed by atoms with van der Waals surface area (Å²) in [4.78, 5) is 23.8. The molecule has 0 unspecified atom stereocenters. The van der Waals surface area contributed by atoms with E-state index in [1.165, 1.54) is 16.8 Å². The second-order valence-electron chi connectivity index (χ2n) is 5.66. The van der Waals surface area contributed by atoms with Gasteiger partial charge in [0.1, 0.15) is 0 Å². The molecule has 0 aliphatic carbocycles. The van der Waals surface area contributed by atoms with Crippen molar-refractivity contribution in [3.63, 3.8) is 0 Å². The van der Waals surface area contributed by atoms with Crippen molar-refractivity contribution in [3.05, 3.63) is 70.8 Å². The van der Waals surface area contributed by atoms with Gasteiger partial charge in [-0.2, -0.15) is 5.21 Å². The monoisotopic (exact) mass is 353 g/mol. The first kappa shape index (κ1) is 17.1. The van der Waals surface area contributed by atoms with Crippen LogP contribution in [0, 0.1) is 6.92 Å². The highest BCUT2D eigenvalue weighted by Crippen LogP contribution is 2.16. The van der Waals surface area contributed by atoms with Crippen LogP contribution in [-0.2, 0) is 6.54 Å². The fraction of sp³-hybridized carbons (Fsp3) is 0.118. The number of aryl methyl sites for hydroxylation is 1. The number of rotatable bonds is 6. The molecule has 9 nitrogen and oxygen atoms in total. The number of carboxylic acids is 1. The summed E-state index contributed by atoms with van der Waals surface area (Å²) in [6.45, 7) is 2.27. The van der Waals surface area contributed by atoms with Crippen LogP contribution in [0.3, 0.4) is 0 Å². The lowest BCUT2D eigenvalue weighted by Gasteiger charge is -2.08. The van der Waals surface area contributed by atoms with Crippen LogP contribution in [0.5, 0.6) is 0 Å². The van der Waals surface area contributed by atoms with Gasteiger partial charge in [-0.15, -0.1) is 10.2 Å². The van der Waals surface area contributed by atoms with Crippen molar-refractivity contribution in [2.45, 2.75) is 13.5 Å². The molecule has 0 saturated carbocycles. The molecule has 0 fully saturated rings. The standard InChI is InChI=1S/C17H15N5O4/c1-10-2-4-11(5-3-10)8-22-9-12(17(25)26)6-13(22)14(23)7-15(24)16-18-20-21-19-16/h2-7,9,24H,8H2,1H3,(H,25,26)(H,18,19,20,21). The number of benzene rings is 1. The number of ketones is 1. The van der Waals surface area contributed by atoms with Gasteiger partial charge >= 0.3 is 5.97 Å². The first-order valence-electron chi connectivity index (χ1n) is 7.62. The molecule has 0 radical (unpaired) electrons. The minimum absolute atomic E-state index is 0.0205. The second kappa shape index (κ2) is 7.01. The molecule has 0 atom stereocenters. The number of carbonyl (C=O) groups excluding carboxylic acids is 1. The second-order valence-corrected chi connectivity index (χ2v) is 5.66. The SMILES string of the molecule is Cc1ccc(Cn2cc(C(=O)O)cc2C(=O)C=C(O)c2nn[nH]n2)cc1. The molecule has 1 aromatic carbocycles. The zero-order chi connectivity index (χ0) is 18.7. The minimum atomic E-state index is -1.15. The molecular formula is C17H15N5O4. The highest BCUT2D eigenvalue weighted by Gasteiger charge is 2.17. The zero-order valence-electron chi connectivity index (χ0n) is 13.7. The largest absolute Gasteiger partial charge is 0.504 e. The molecule has 3 rings (SSSR count). The van der Waals surface area contributed by atoms with E-state index in [0.29, 0.717) is 6.54 Å².